The second-order valence-electron chi connectivity index (χ2n) is 5.42. The van der Waals surface area contributed by atoms with E-state index in [9.17, 15) is 14.7 Å². The van der Waals surface area contributed by atoms with Gasteiger partial charge in [0.15, 0.2) is 5.56 Å². The SMILES string of the molecule is CCOC(=O)c1c(O)c2c(C)csc2n(Cc2ccccc2)c1=O. The summed E-state index contributed by atoms with van der Waals surface area (Å²) in [4.78, 5) is 25.7. The van der Waals surface area contributed by atoms with Crippen LogP contribution in [0.2, 0.25) is 0 Å². The number of rotatable bonds is 4. The zero-order chi connectivity index (χ0) is 17.3. The number of hydrogen-bond acceptors (Lipinski definition) is 5. The molecular formula is C18H17NO4S. The lowest BCUT2D eigenvalue weighted by Gasteiger charge is -2.12. The smallest absolute Gasteiger partial charge is 0.347 e. The number of fused-ring (bicyclic) bond motifs is 1. The van der Waals surface area contributed by atoms with Crippen molar-refractivity contribution in [3.63, 3.8) is 0 Å². The van der Waals surface area contributed by atoms with E-state index in [-0.39, 0.29) is 17.9 Å². The molecule has 124 valence electrons. The van der Waals surface area contributed by atoms with Gasteiger partial charge in [0.2, 0.25) is 0 Å². The number of esters is 1. The fourth-order valence-corrected chi connectivity index (χ4v) is 3.72. The predicted molar refractivity (Wildman–Crippen MR) is 94.0 cm³/mol. The van der Waals surface area contributed by atoms with Crippen LogP contribution in [0.15, 0.2) is 40.5 Å². The second-order valence-corrected chi connectivity index (χ2v) is 6.28. The van der Waals surface area contributed by atoms with E-state index in [2.05, 4.69) is 0 Å². The van der Waals surface area contributed by atoms with Crippen LogP contribution in [0, 0.1) is 6.92 Å². The molecule has 0 amide bonds. The third kappa shape index (κ3) is 2.69. The van der Waals surface area contributed by atoms with E-state index in [4.69, 9.17) is 4.74 Å². The van der Waals surface area contributed by atoms with Gasteiger partial charge in [0, 0.05) is 0 Å². The van der Waals surface area contributed by atoms with Crippen LogP contribution in [-0.4, -0.2) is 22.2 Å². The zero-order valence-corrected chi connectivity index (χ0v) is 14.2. The van der Waals surface area contributed by atoms with Gasteiger partial charge in [-0.15, -0.1) is 11.3 Å². The van der Waals surface area contributed by atoms with Crippen LogP contribution in [0.4, 0.5) is 0 Å². The normalized spacial score (nSPS) is 10.9. The molecular weight excluding hydrogens is 326 g/mol. The van der Waals surface area contributed by atoms with Crippen LogP contribution in [0.3, 0.4) is 0 Å². The van der Waals surface area contributed by atoms with Crippen LogP contribution in [-0.2, 0) is 11.3 Å². The van der Waals surface area contributed by atoms with Crippen molar-refractivity contribution in [1.29, 1.82) is 0 Å². The molecule has 1 aromatic carbocycles. The largest absolute Gasteiger partial charge is 0.506 e. The molecule has 0 bridgehead atoms. The Kier molecular flexibility index (Phi) is 4.40. The molecule has 0 aliphatic carbocycles. The van der Waals surface area contributed by atoms with Gasteiger partial charge in [0.1, 0.15) is 10.6 Å². The summed E-state index contributed by atoms with van der Waals surface area (Å²) in [5.41, 5.74) is 0.915. The van der Waals surface area contributed by atoms with Gasteiger partial charge in [-0.3, -0.25) is 9.36 Å². The van der Waals surface area contributed by atoms with Gasteiger partial charge >= 0.3 is 5.97 Å². The molecule has 0 saturated heterocycles. The van der Waals surface area contributed by atoms with E-state index in [1.165, 1.54) is 15.9 Å². The summed E-state index contributed by atoms with van der Waals surface area (Å²) in [6, 6.07) is 9.51. The molecule has 2 aromatic heterocycles. The zero-order valence-electron chi connectivity index (χ0n) is 13.4. The van der Waals surface area contributed by atoms with Gasteiger partial charge in [-0.25, -0.2) is 4.79 Å². The molecule has 0 atom stereocenters. The fourth-order valence-electron chi connectivity index (χ4n) is 2.67. The van der Waals surface area contributed by atoms with E-state index in [0.717, 1.165) is 11.1 Å². The molecule has 0 unspecified atom stereocenters. The number of nitrogens with zero attached hydrogens (tertiary/aromatic N) is 1. The summed E-state index contributed by atoms with van der Waals surface area (Å²) < 4.78 is 6.47. The second kappa shape index (κ2) is 6.49. The number of benzene rings is 1. The fraction of sp³-hybridized carbons (Fsp3) is 0.222. The molecule has 0 spiro atoms. The monoisotopic (exact) mass is 343 g/mol. The minimum Gasteiger partial charge on any atom is -0.506 e. The first-order valence-electron chi connectivity index (χ1n) is 7.59. The summed E-state index contributed by atoms with van der Waals surface area (Å²) in [5, 5.41) is 12.9. The molecule has 0 saturated carbocycles. The highest BCUT2D eigenvalue weighted by atomic mass is 32.1. The van der Waals surface area contributed by atoms with E-state index in [1.54, 1.807) is 6.92 Å². The first kappa shape index (κ1) is 16.3. The third-order valence-electron chi connectivity index (χ3n) is 3.80. The van der Waals surface area contributed by atoms with Gasteiger partial charge in [0.25, 0.3) is 5.56 Å². The van der Waals surface area contributed by atoms with E-state index in [1.807, 2.05) is 42.6 Å². The number of carbonyl (C=O) groups excluding carboxylic acids is 1. The number of pyridine rings is 1. The Morgan fingerprint density at radius 1 is 1.29 bits per heavy atom. The molecule has 1 N–H and O–H groups in total. The Morgan fingerprint density at radius 2 is 2.00 bits per heavy atom. The van der Waals surface area contributed by atoms with Crippen molar-refractivity contribution in [1.82, 2.24) is 4.57 Å². The molecule has 0 aliphatic rings. The van der Waals surface area contributed by atoms with E-state index in [0.29, 0.717) is 16.8 Å². The average Bonchev–Trinajstić information content (AvgIpc) is 2.95. The summed E-state index contributed by atoms with van der Waals surface area (Å²) >= 11 is 1.37. The summed E-state index contributed by atoms with van der Waals surface area (Å²) in [6.07, 6.45) is 0. The van der Waals surface area contributed by atoms with Crippen LogP contribution in [0.25, 0.3) is 10.2 Å². The summed E-state index contributed by atoms with van der Waals surface area (Å²) in [5.74, 6) is -1.09. The number of ether oxygens (including phenoxy) is 1. The topological polar surface area (TPSA) is 68.5 Å². The van der Waals surface area contributed by atoms with Crippen molar-refractivity contribution in [3.8, 4) is 5.75 Å². The molecule has 3 rings (SSSR count). The summed E-state index contributed by atoms with van der Waals surface area (Å²) in [6.45, 7) is 3.95. The number of thiophene rings is 1. The van der Waals surface area contributed by atoms with Gasteiger partial charge < -0.3 is 9.84 Å². The highest BCUT2D eigenvalue weighted by molar-refractivity contribution is 7.17. The Morgan fingerprint density at radius 3 is 2.67 bits per heavy atom. The van der Waals surface area contributed by atoms with Crippen molar-refractivity contribution in [2.75, 3.05) is 6.61 Å². The number of aromatic hydroxyl groups is 1. The van der Waals surface area contributed by atoms with Gasteiger partial charge in [-0.1, -0.05) is 30.3 Å². The predicted octanol–water partition coefficient (Wildman–Crippen LogP) is 3.30. The number of aromatic nitrogens is 1. The molecule has 0 aliphatic heterocycles. The maximum absolute atomic E-state index is 12.8. The lowest BCUT2D eigenvalue weighted by Crippen LogP contribution is -2.28. The van der Waals surface area contributed by atoms with Crippen LogP contribution < -0.4 is 5.56 Å². The maximum atomic E-state index is 12.8. The maximum Gasteiger partial charge on any atom is 0.347 e. The molecule has 24 heavy (non-hydrogen) atoms. The van der Waals surface area contributed by atoms with Crippen molar-refractivity contribution in [3.05, 3.63) is 62.8 Å². The molecule has 0 radical (unpaired) electrons. The van der Waals surface area contributed by atoms with Gasteiger partial charge in [-0.2, -0.15) is 0 Å². The number of aryl methyl sites for hydroxylation is 1. The lowest BCUT2D eigenvalue weighted by molar-refractivity contribution is 0.0520. The number of carbonyl (C=O) groups is 1. The third-order valence-corrected chi connectivity index (χ3v) is 4.92. The summed E-state index contributed by atoms with van der Waals surface area (Å²) in [7, 11) is 0. The van der Waals surface area contributed by atoms with Gasteiger partial charge in [0.05, 0.1) is 18.5 Å². The Bertz CT molecular complexity index is 957. The van der Waals surface area contributed by atoms with Gasteiger partial charge in [-0.05, 0) is 30.4 Å². The van der Waals surface area contributed by atoms with Crippen molar-refractivity contribution >= 4 is 27.5 Å². The van der Waals surface area contributed by atoms with E-state index < -0.39 is 11.5 Å². The van der Waals surface area contributed by atoms with Crippen LogP contribution in [0.1, 0.15) is 28.4 Å². The molecule has 0 fully saturated rings. The lowest BCUT2D eigenvalue weighted by atomic mass is 10.1. The standard InChI is InChI=1S/C18H17NO4S/c1-3-23-18(22)14-15(20)13-11(2)10-24-17(13)19(16(14)21)9-12-7-5-4-6-8-12/h4-8,10,20H,3,9H2,1-2H3. The van der Waals surface area contributed by atoms with Crippen LogP contribution >= 0.6 is 11.3 Å². The molecule has 5 nitrogen and oxygen atoms in total. The van der Waals surface area contributed by atoms with Crippen LogP contribution in [0.5, 0.6) is 5.75 Å². The number of hydrogen-bond donors (Lipinski definition) is 1. The molecule has 3 aromatic rings. The first-order valence-corrected chi connectivity index (χ1v) is 8.47. The highest BCUT2D eigenvalue weighted by Gasteiger charge is 2.25. The molecule has 6 heteroatoms. The van der Waals surface area contributed by atoms with E-state index >= 15 is 0 Å². The Hall–Kier alpha value is -2.60. The van der Waals surface area contributed by atoms with Crippen molar-refractivity contribution in [2.45, 2.75) is 20.4 Å². The first-order chi connectivity index (χ1) is 11.5. The van der Waals surface area contributed by atoms with Crippen molar-refractivity contribution in [2.24, 2.45) is 0 Å². The molecule has 2 heterocycles. The quantitative estimate of drug-likeness (QED) is 0.738. The average molecular weight is 343 g/mol. The Balaban J connectivity index is 2.28. The minimum absolute atomic E-state index is 0.136. The van der Waals surface area contributed by atoms with Crippen molar-refractivity contribution < 1.29 is 14.6 Å². The minimum atomic E-state index is -0.797. The highest BCUT2D eigenvalue weighted by Crippen LogP contribution is 2.34. The Labute approximate surface area is 142 Å².